The first kappa shape index (κ1) is 32.1. The molecule has 0 spiro atoms. The Kier molecular flexibility index (Phi) is 14.2. The molecular formula is C31H50O5Si2. The van der Waals surface area contributed by atoms with Crippen LogP contribution in [0.2, 0.25) is 38.8 Å². The third-order valence-electron chi connectivity index (χ3n) is 6.17. The lowest BCUT2D eigenvalue weighted by Gasteiger charge is -2.31. The van der Waals surface area contributed by atoms with Crippen LogP contribution in [0.4, 0.5) is 0 Å². The summed E-state index contributed by atoms with van der Waals surface area (Å²) in [6.07, 6.45) is 10.8. The van der Waals surface area contributed by atoms with Crippen molar-refractivity contribution in [2.45, 2.75) is 103 Å². The summed E-state index contributed by atoms with van der Waals surface area (Å²) in [5, 5.41) is 0. The Morgan fingerprint density at radius 1 is 0.632 bits per heavy atom. The van der Waals surface area contributed by atoms with Crippen molar-refractivity contribution in [3.05, 3.63) is 54.1 Å². The van der Waals surface area contributed by atoms with E-state index in [1.54, 1.807) is 24.3 Å². The van der Waals surface area contributed by atoms with Gasteiger partial charge >= 0.3 is 5.97 Å². The number of ether oxygens (including phenoxy) is 3. The number of hydrogen-bond donors (Lipinski definition) is 0. The molecule has 0 atom stereocenters. The summed E-state index contributed by atoms with van der Waals surface area (Å²) in [6.45, 7) is 15.1. The molecule has 2 aromatic carbocycles. The van der Waals surface area contributed by atoms with Crippen LogP contribution in [0.3, 0.4) is 0 Å². The maximum Gasteiger partial charge on any atom is 0.343 e. The lowest BCUT2D eigenvalue weighted by atomic mass is 10.1. The van der Waals surface area contributed by atoms with Crippen molar-refractivity contribution in [2.75, 3.05) is 13.2 Å². The van der Waals surface area contributed by atoms with Gasteiger partial charge in [0.15, 0.2) is 16.6 Å². The van der Waals surface area contributed by atoms with Gasteiger partial charge in [-0.15, -0.1) is 0 Å². The van der Waals surface area contributed by atoms with E-state index in [1.165, 1.54) is 44.6 Å². The molecule has 7 heteroatoms. The number of carbonyl (C=O) groups excluding carboxylic acids is 1. The highest BCUT2D eigenvalue weighted by molar-refractivity contribution is 6.84. The van der Waals surface area contributed by atoms with Gasteiger partial charge < -0.3 is 18.3 Å². The average Bonchev–Trinajstić information content (AvgIpc) is 2.85. The predicted molar refractivity (Wildman–Crippen MR) is 163 cm³/mol. The maximum atomic E-state index is 12.5. The molecule has 0 N–H and O–H groups in total. The van der Waals surface area contributed by atoms with Gasteiger partial charge in [0.2, 0.25) is 0 Å². The molecule has 0 aromatic heterocycles. The second-order valence-electron chi connectivity index (χ2n) is 11.6. The molecule has 212 valence electrons. The van der Waals surface area contributed by atoms with Crippen molar-refractivity contribution in [3.63, 3.8) is 0 Å². The van der Waals surface area contributed by atoms with Crippen LogP contribution in [-0.2, 0) is 4.12 Å². The Hall–Kier alpha value is -2.10. The minimum Gasteiger partial charge on any atom is -0.494 e. The monoisotopic (exact) mass is 558 g/mol. The van der Waals surface area contributed by atoms with E-state index in [1.807, 2.05) is 24.3 Å². The summed E-state index contributed by atoms with van der Waals surface area (Å²) in [4.78, 5) is 12.5. The molecule has 0 radical (unpaired) electrons. The average molecular weight is 559 g/mol. The first-order valence-electron chi connectivity index (χ1n) is 14.5. The molecule has 0 aliphatic heterocycles. The maximum absolute atomic E-state index is 12.5. The summed E-state index contributed by atoms with van der Waals surface area (Å²) in [5.41, 5.74) is 0.496. The Morgan fingerprint density at radius 3 is 1.66 bits per heavy atom. The molecule has 0 aliphatic rings. The molecule has 2 rings (SSSR count). The Bertz CT molecular complexity index is 921. The number of rotatable bonds is 19. The van der Waals surface area contributed by atoms with Gasteiger partial charge in [-0.3, -0.25) is 0 Å². The van der Waals surface area contributed by atoms with Gasteiger partial charge in [0.25, 0.3) is 0 Å². The number of hydrogen-bond acceptors (Lipinski definition) is 5. The van der Waals surface area contributed by atoms with E-state index in [9.17, 15) is 4.79 Å². The van der Waals surface area contributed by atoms with E-state index >= 15 is 0 Å². The van der Waals surface area contributed by atoms with Crippen LogP contribution >= 0.6 is 0 Å². The van der Waals surface area contributed by atoms with Crippen LogP contribution < -0.4 is 14.2 Å². The fourth-order valence-electron chi connectivity index (χ4n) is 4.43. The number of carbonyl (C=O) groups is 1. The van der Waals surface area contributed by atoms with Crippen LogP contribution in [-0.4, -0.2) is 35.8 Å². The van der Waals surface area contributed by atoms with Gasteiger partial charge in [-0.25, -0.2) is 4.79 Å². The number of unbranched alkanes of at least 4 members (excludes halogenated alkanes) is 7. The Balaban J connectivity index is 1.64. The zero-order chi connectivity index (χ0) is 27.9. The van der Waals surface area contributed by atoms with Crippen LogP contribution in [0.1, 0.15) is 75.1 Å². The quantitative estimate of drug-likeness (QED) is 0.0744. The van der Waals surface area contributed by atoms with Crippen molar-refractivity contribution in [1.29, 1.82) is 0 Å². The molecule has 0 heterocycles. The van der Waals surface area contributed by atoms with E-state index in [0.717, 1.165) is 30.8 Å². The standard InChI is InChI=1S/C31H50O5Si2/c1-7-8-9-10-11-13-24-34-29-20-22-30(23-21-29)35-31(32)27-16-18-28(19-17-27)33-25-14-12-15-26-38(5,6)36-37(2,3)4/h16-23H,7-15,24-26H2,1-6H3. The third-order valence-corrected chi connectivity index (χ3v) is 12.4. The summed E-state index contributed by atoms with van der Waals surface area (Å²) < 4.78 is 23.6. The van der Waals surface area contributed by atoms with E-state index in [0.29, 0.717) is 24.5 Å². The zero-order valence-electron chi connectivity index (χ0n) is 24.6. The van der Waals surface area contributed by atoms with Gasteiger partial charge in [0.05, 0.1) is 18.8 Å². The summed E-state index contributed by atoms with van der Waals surface area (Å²) >= 11 is 0. The van der Waals surface area contributed by atoms with Gasteiger partial charge in [0.1, 0.15) is 17.2 Å². The first-order chi connectivity index (χ1) is 18.1. The van der Waals surface area contributed by atoms with E-state index in [4.69, 9.17) is 18.3 Å². The van der Waals surface area contributed by atoms with Gasteiger partial charge in [-0.1, -0.05) is 51.9 Å². The molecule has 0 fully saturated rings. The summed E-state index contributed by atoms with van der Waals surface area (Å²) in [5.74, 6) is 1.68. The van der Waals surface area contributed by atoms with Crippen LogP contribution in [0.25, 0.3) is 0 Å². The molecule has 0 amide bonds. The van der Waals surface area contributed by atoms with E-state index in [-0.39, 0.29) is 5.97 Å². The zero-order valence-corrected chi connectivity index (χ0v) is 26.6. The fraction of sp³-hybridized carbons (Fsp3) is 0.581. The first-order valence-corrected chi connectivity index (χ1v) is 21.0. The Morgan fingerprint density at radius 2 is 1.11 bits per heavy atom. The highest BCUT2D eigenvalue weighted by Crippen LogP contribution is 2.22. The minimum atomic E-state index is -1.55. The fourth-order valence-corrected chi connectivity index (χ4v) is 12.6. The third kappa shape index (κ3) is 14.2. The van der Waals surface area contributed by atoms with Crippen molar-refractivity contribution in [1.82, 2.24) is 0 Å². The van der Waals surface area contributed by atoms with Gasteiger partial charge in [-0.2, -0.15) is 0 Å². The lowest BCUT2D eigenvalue weighted by Crippen LogP contribution is -2.42. The van der Waals surface area contributed by atoms with Crippen LogP contribution in [0, 0.1) is 0 Å². The molecule has 0 bridgehead atoms. The van der Waals surface area contributed by atoms with Crippen LogP contribution in [0.5, 0.6) is 17.2 Å². The van der Waals surface area contributed by atoms with Crippen molar-refractivity contribution in [3.8, 4) is 17.2 Å². The summed E-state index contributed by atoms with van der Waals surface area (Å²) in [6, 6.07) is 15.6. The van der Waals surface area contributed by atoms with Crippen molar-refractivity contribution in [2.24, 2.45) is 0 Å². The number of esters is 1. The predicted octanol–water partition coefficient (Wildman–Crippen LogP) is 9.25. The van der Waals surface area contributed by atoms with Gasteiger partial charge in [-0.05, 0) is 100 Å². The topological polar surface area (TPSA) is 54.0 Å². The molecule has 0 unspecified atom stereocenters. The molecule has 38 heavy (non-hydrogen) atoms. The Labute approximate surface area is 233 Å². The SMILES string of the molecule is CCCCCCCCOc1ccc(OC(=O)c2ccc(OCCCCC[Si](C)(C)O[Si](C)(C)C)cc2)cc1. The van der Waals surface area contributed by atoms with Gasteiger partial charge in [0, 0.05) is 0 Å². The molecule has 0 saturated heterocycles. The smallest absolute Gasteiger partial charge is 0.343 e. The highest BCUT2D eigenvalue weighted by Gasteiger charge is 2.28. The van der Waals surface area contributed by atoms with Crippen molar-refractivity contribution >= 4 is 22.6 Å². The highest BCUT2D eigenvalue weighted by atomic mass is 28.4. The molecule has 5 nitrogen and oxygen atoms in total. The molecule has 2 aromatic rings. The second-order valence-corrected chi connectivity index (χ2v) is 20.7. The van der Waals surface area contributed by atoms with Crippen LogP contribution in [0.15, 0.2) is 48.5 Å². The molecule has 0 saturated carbocycles. The van der Waals surface area contributed by atoms with E-state index < -0.39 is 16.6 Å². The second kappa shape index (κ2) is 16.8. The number of benzene rings is 2. The van der Waals surface area contributed by atoms with E-state index in [2.05, 4.69) is 39.7 Å². The largest absolute Gasteiger partial charge is 0.494 e. The molecular weight excluding hydrogens is 509 g/mol. The normalized spacial score (nSPS) is 11.8. The van der Waals surface area contributed by atoms with Crippen molar-refractivity contribution < 1.29 is 23.1 Å². The summed E-state index contributed by atoms with van der Waals surface area (Å²) in [7, 11) is -3.01. The molecule has 0 aliphatic carbocycles. The lowest BCUT2D eigenvalue weighted by molar-refractivity contribution is 0.0734. The minimum absolute atomic E-state index is 0.385.